The molecule has 12 rings (SSSR count). The number of pyridine rings is 2. The van der Waals surface area contributed by atoms with Crippen LogP contribution < -0.4 is 30.7 Å². The number of aryl methyl sites for hydroxylation is 2. The Balaban J connectivity index is 0.000000203. The Morgan fingerprint density at radius 2 is 1.03 bits per heavy atom. The molecule has 10 atom stereocenters. The van der Waals surface area contributed by atoms with E-state index in [2.05, 4.69) is 52.0 Å². The third-order valence-corrected chi connectivity index (χ3v) is 21.3. The Bertz CT molecular complexity index is 3960. The minimum atomic E-state index is -1.25. The van der Waals surface area contributed by atoms with E-state index in [0.717, 1.165) is 107 Å². The Morgan fingerprint density at radius 1 is 0.604 bits per heavy atom. The molecule has 4 aromatic rings. The highest BCUT2D eigenvalue weighted by molar-refractivity contribution is 9.09. The maximum absolute atomic E-state index is 14.4. The maximum atomic E-state index is 14.4. The summed E-state index contributed by atoms with van der Waals surface area (Å²) in [4.78, 5) is 150. The number of carbonyl (C=O) groups excluding carboxylic acids is 10. The standard InChI is InChI=1S/C37H45BrN4O8.C37H44N6O8/c1-22-11-10-15-26-31(18-28(30(43)20-38)39-32(22)26)49-25-17-29-33(44)41-37(35(46)48-2)19-23(37)12-6-4-3-5-7-16-27(34(45)42(29)21-25)40-36(47)50-24-13-8-9-14-24;1-22-11-10-15-26-31(18-28(40-32(22)26)30(44)20-39-38)50-25-17-29-33(45)42-37(35(47)49-2)19-23(37)12-6-4-3-5-7-16-27(34(46)43(29)21-25)41-36(48)51-24-13-8-9-14-24/h6,10-12,15,18,23-25,27,29H,3-5,7-9,13-14,16-17,19-21H2,1-2H3,(H,40,47)(H,41,44);6,10-12,15,18,20,23-25,27,29H,3-5,7-9,13-14,16-17,19,21H2,1-2H3,(H,41,48)(H,42,45)/b2*12-6-/t2*23?,25-,27+,29+,37-/m11/s1. The van der Waals surface area contributed by atoms with Crippen molar-refractivity contribution in [2.45, 2.75) is 215 Å². The number of Topliss-reactive ketones (excluding diaryl/α,β-unsaturated/α-hetero) is 2. The number of nitrogens with one attached hydrogen (secondary N) is 4. The number of ether oxygens (including phenoxy) is 6. The molecule has 101 heavy (non-hydrogen) atoms. The number of allylic oxidation sites excluding steroid dienone is 2. The number of ketones is 2. The van der Waals surface area contributed by atoms with Crippen LogP contribution in [0.1, 0.15) is 173 Å². The van der Waals surface area contributed by atoms with Crippen LogP contribution in [0.15, 0.2) is 72.8 Å². The van der Waals surface area contributed by atoms with Crippen molar-refractivity contribution in [2.24, 2.45) is 11.8 Å². The number of hydrogen-bond donors (Lipinski definition) is 4. The van der Waals surface area contributed by atoms with Crippen molar-refractivity contribution in [1.82, 2.24) is 41.0 Å². The average molecular weight is 1450 g/mol. The number of benzene rings is 2. The Kier molecular flexibility index (Phi) is 23.7. The molecule has 8 aliphatic rings. The Hall–Kier alpha value is -9.10. The Morgan fingerprint density at radius 3 is 1.46 bits per heavy atom. The molecule has 2 aromatic carbocycles. The molecule has 6 fully saturated rings. The molecule has 538 valence electrons. The van der Waals surface area contributed by atoms with Crippen LogP contribution in [0.5, 0.6) is 11.5 Å². The first-order valence-electron chi connectivity index (χ1n) is 35.4. The van der Waals surface area contributed by atoms with Crippen LogP contribution in [0.2, 0.25) is 0 Å². The number of alkyl carbamates (subject to hydrolysis) is 2. The monoisotopic (exact) mass is 1450 g/mol. The van der Waals surface area contributed by atoms with E-state index in [-0.39, 0.29) is 72.5 Å². The molecular formula is C74H89BrN10O16. The molecular weight excluding hydrogens is 1360 g/mol. The predicted octanol–water partition coefficient (Wildman–Crippen LogP) is 9.06. The smallest absolute Gasteiger partial charge is 0.408 e. The highest BCUT2D eigenvalue weighted by atomic mass is 79.9. The topological polar surface area (TPSA) is 343 Å². The lowest BCUT2D eigenvalue weighted by Crippen LogP contribution is -2.56. The van der Waals surface area contributed by atoms with Gasteiger partial charge in [0, 0.05) is 47.6 Å². The third kappa shape index (κ3) is 16.9. The number of alkyl halides is 1. The summed E-state index contributed by atoms with van der Waals surface area (Å²) in [5.41, 5.74) is 9.51. The van der Waals surface area contributed by atoms with Crippen molar-refractivity contribution in [1.29, 1.82) is 0 Å². The van der Waals surface area contributed by atoms with Gasteiger partial charge in [-0.25, -0.2) is 29.1 Å². The van der Waals surface area contributed by atoms with Crippen LogP contribution >= 0.6 is 15.9 Å². The van der Waals surface area contributed by atoms with E-state index in [1.807, 2.05) is 68.5 Å². The van der Waals surface area contributed by atoms with Gasteiger partial charge in [-0.05, 0) is 140 Å². The number of aromatic nitrogens is 2. The molecule has 4 aliphatic carbocycles. The van der Waals surface area contributed by atoms with Gasteiger partial charge in [-0.3, -0.25) is 28.8 Å². The molecule has 2 aromatic heterocycles. The fraction of sp³-hybridized carbons (Fsp3) is 0.554. The summed E-state index contributed by atoms with van der Waals surface area (Å²) in [5.74, 6) is -3.63. The number of nitrogens with zero attached hydrogens (tertiary/aromatic N) is 6. The second-order valence-corrected chi connectivity index (χ2v) is 28.3. The molecule has 0 spiro atoms. The molecule has 0 radical (unpaired) electrons. The summed E-state index contributed by atoms with van der Waals surface area (Å²) in [5, 5.41) is 12.9. The van der Waals surface area contributed by atoms with Gasteiger partial charge in [0.05, 0.1) is 43.7 Å². The van der Waals surface area contributed by atoms with Gasteiger partial charge in [-0.1, -0.05) is 90.2 Å². The van der Waals surface area contributed by atoms with E-state index in [1.165, 1.54) is 30.1 Å². The first-order chi connectivity index (χ1) is 48.8. The molecule has 6 amide bonds. The molecule has 2 unspecified atom stereocenters. The van der Waals surface area contributed by atoms with Crippen LogP contribution in [0.3, 0.4) is 0 Å². The number of methoxy groups -OCH3 is 2. The van der Waals surface area contributed by atoms with E-state index < -0.39 is 101 Å². The van der Waals surface area contributed by atoms with Crippen molar-refractivity contribution in [3.05, 3.63) is 101 Å². The lowest BCUT2D eigenvalue weighted by Gasteiger charge is -2.29. The quantitative estimate of drug-likeness (QED) is 0.0134. The number of rotatable bonds is 14. The van der Waals surface area contributed by atoms with Crippen molar-refractivity contribution in [3.63, 3.8) is 0 Å². The van der Waals surface area contributed by atoms with Gasteiger partial charge in [0.25, 0.3) is 5.78 Å². The van der Waals surface area contributed by atoms with Gasteiger partial charge in [0.1, 0.15) is 82.5 Å². The molecule has 0 bridgehead atoms. The number of amides is 6. The summed E-state index contributed by atoms with van der Waals surface area (Å²) in [6, 6.07) is 10.2. The van der Waals surface area contributed by atoms with Gasteiger partial charge in [-0.2, -0.15) is 4.79 Å². The van der Waals surface area contributed by atoms with Crippen LogP contribution in [0.25, 0.3) is 27.3 Å². The number of fused-ring (bicyclic) bond motifs is 6. The van der Waals surface area contributed by atoms with Crippen molar-refractivity contribution in [3.8, 4) is 11.5 Å². The lowest BCUT2D eigenvalue weighted by atomic mass is 10.0. The normalized spacial score (nSPS) is 27.7. The number of hydrogen-bond acceptors (Lipinski definition) is 18. The zero-order valence-electron chi connectivity index (χ0n) is 57.5. The molecule has 4 saturated carbocycles. The first-order valence-corrected chi connectivity index (χ1v) is 36.5. The molecule has 4 N–H and O–H groups in total. The summed E-state index contributed by atoms with van der Waals surface area (Å²) < 4.78 is 34.6. The molecule has 2 saturated heterocycles. The van der Waals surface area contributed by atoms with Gasteiger partial charge in [-0.15, -0.1) is 0 Å². The molecule has 4 aliphatic heterocycles. The van der Waals surface area contributed by atoms with Crippen LogP contribution in [0.4, 0.5) is 9.59 Å². The van der Waals surface area contributed by atoms with E-state index in [1.54, 1.807) is 12.1 Å². The maximum Gasteiger partial charge on any atom is 0.408 e. The Labute approximate surface area is 594 Å². The van der Waals surface area contributed by atoms with Gasteiger partial charge >= 0.3 is 30.3 Å². The van der Waals surface area contributed by atoms with Crippen molar-refractivity contribution >= 4 is 103 Å². The second-order valence-electron chi connectivity index (χ2n) is 27.8. The van der Waals surface area contributed by atoms with E-state index in [4.69, 9.17) is 34.0 Å². The zero-order valence-corrected chi connectivity index (χ0v) is 59.1. The number of esters is 2. The van der Waals surface area contributed by atoms with Gasteiger partial charge < -0.3 is 65.0 Å². The largest absolute Gasteiger partial charge is 0.488 e. The molecule has 27 heteroatoms. The summed E-state index contributed by atoms with van der Waals surface area (Å²) in [7, 11) is 2.57. The summed E-state index contributed by atoms with van der Waals surface area (Å²) >= 11 is 3.23. The van der Waals surface area contributed by atoms with E-state index in [9.17, 15) is 47.9 Å². The third-order valence-electron chi connectivity index (χ3n) is 20.7. The van der Waals surface area contributed by atoms with Gasteiger partial charge in [0.2, 0.25) is 23.6 Å². The summed E-state index contributed by atoms with van der Waals surface area (Å²) in [6.45, 7) is 3.77. The fourth-order valence-corrected chi connectivity index (χ4v) is 15.3. The van der Waals surface area contributed by atoms with Crippen LogP contribution in [0, 0.1) is 25.7 Å². The molecule has 6 heterocycles. The highest BCUT2D eigenvalue weighted by Gasteiger charge is 2.63. The van der Waals surface area contributed by atoms with Crippen LogP contribution in [-0.2, 0) is 47.7 Å². The second kappa shape index (κ2) is 32.7. The minimum Gasteiger partial charge on any atom is -0.488 e. The lowest BCUT2D eigenvalue weighted by molar-refractivity contribution is -0.148. The van der Waals surface area contributed by atoms with Crippen LogP contribution in [-0.4, -0.2) is 182 Å². The average Bonchev–Trinajstić information content (AvgIpc) is 1.60. The van der Waals surface area contributed by atoms with Gasteiger partial charge in [0.15, 0.2) is 5.78 Å². The van der Waals surface area contributed by atoms with E-state index in [0.29, 0.717) is 71.8 Å². The zero-order chi connectivity index (χ0) is 71.5. The number of carbonyl (C=O) groups is 10. The number of halogens is 1. The van der Waals surface area contributed by atoms with Crippen molar-refractivity contribution < 1.29 is 81.2 Å². The first kappa shape index (κ1) is 73.1. The highest BCUT2D eigenvalue weighted by Crippen LogP contribution is 2.48. The molecule has 26 nitrogen and oxygen atoms in total. The number of para-hydroxylation sites is 2. The summed E-state index contributed by atoms with van der Waals surface area (Å²) in [6.07, 6.45) is 20.7. The van der Waals surface area contributed by atoms with E-state index >= 15 is 0 Å². The van der Waals surface area contributed by atoms with Crippen molar-refractivity contribution in [2.75, 3.05) is 32.6 Å². The SMILES string of the molecule is COC(=O)[C@@]12CC1/C=C\CCCCC[C@H](NC(=O)OC1CCCC1)C(=O)N1C[C@H](Oc3cc(C(=O)C=[N+]=[N-])nc4c(C)cccc34)C[C@H]1C(=O)N2.COC(=O)[C@@]12CC1/C=C\CCCCC[C@H](NC(=O)OC1CCCC1)C(=O)N1C[C@H](Oc3cc(C(=O)CBr)nc4c(C)cccc34)C[C@H]1C(=O)N2. The predicted molar refractivity (Wildman–Crippen MR) is 372 cm³/mol. The minimum absolute atomic E-state index is 0.0100. The fourth-order valence-electron chi connectivity index (χ4n) is 15.0.